The highest BCUT2D eigenvalue weighted by atomic mass is 16.2. The van der Waals surface area contributed by atoms with Crippen molar-refractivity contribution in [1.82, 2.24) is 10.3 Å². The zero-order valence-corrected chi connectivity index (χ0v) is 13.6. The third-order valence-electron chi connectivity index (χ3n) is 3.24. The summed E-state index contributed by atoms with van der Waals surface area (Å²) in [6.07, 6.45) is 3.15. The lowest BCUT2D eigenvalue weighted by atomic mass is 9.95. The van der Waals surface area contributed by atoms with Crippen LogP contribution in [0.2, 0.25) is 0 Å². The summed E-state index contributed by atoms with van der Waals surface area (Å²) in [6.45, 7) is 5.97. The molecule has 0 fully saturated rings. The van der Waals surface area contributed by atoms with Gasteiger partial charge in [0, 0.05) is 30.0 Å². The van der Waals surface area contributed by atoms with Crippen molar-refractivity contribution >= 4 is 17.5 Å². The van der Waals surface area contributed by atoms with E-state index in [2.05, 4.69) is 15.6 Å². The minimum atomic E-state index is -0.454. The molecule has 0 saturated carbocycles. The highest BCUT2D eigenvalue weighted by Crippen LogP contribution is 2.18. The SMILES string of the molecule is CC(C)(C)C(=O)Nc1cccc(CNC(=O)c2cccnc2)c1. The van der Waals surface area contributed by atoms with Crippen LogP contribution in [-0.2, 0) is 11.3 Å². The maximum Gasteiger partial charge on any atom is 0.253 e. The number of aromatic nitrogens is 1. The third-order valence-corrected chi connectivity index (χ3v) is 3.24. The number of pyridine rings is 1. The number of benzene rings is 1. The molecule has 1 aromatic carbocycles. The van der Waals surface area contributed by atoms with Gasteiger partial charge in [-0.3, -0.25) is 14.6 Å². The molecule has 2 N–H and O–H groups in total. The second kappa shape index (κ2) is 7.05. The van der Waals surface area contributed by atoms with E-state index in [1.54, 1.807) is 18.3 Å². The number of carbonyl (C=O) groups excluding carboxylic acids is 2. The lowest BCUT2D eigenvalue weighted by Crippen LogP contribution is -2.27. The molecule has 0 aliphatic heterocycles. The summed E-state index contributed by atoms with van der Waals surface area (Å²) >= 11 is 0. The molecule has 5 heteroatoms. The Bertz CT molecular complexity index is 691. The fourth-order valence-corrected chi connectivity index (χ4v) is 1.86. The van der Waals surface area contributed by atoms with Crippen LogP contribution in [-0.4, -0.2) is 16.8 Å². The summed E-state index contributed by atoms with van der Waals surface area (Å²) in [4.78, 5) is 27.9. The highest BCUT2D eigenvalue weighted by Gasteiger charge is 2.21. The number of nitrogens with one attached hydrogen (secondary N) is 2. The van der Waals surface area contributed by atoms with Gasteiger partial charge in [-0.25, -0.2) is 0 Å². The molecule has 0 bridgehead atoms. The van der Waals surface area contributed by atoms with Gasteiger partial charge >= 0.3 is 0 Å². The second-order valence-electron chi connectivity index (χ2n) is 6.33. The molecule has 0 aliphatic carbocycles. The molecule has 2 rings (SSSR count). The Morgan fingerprint density at radius 2 is 1.91 bits per heavy atom. The topological polar surface area (TPSA) is 71.1 Å². The van der Waals surface area contributed by atoms with Crippen LogP contribution in [0.25, 0.3) is 0 Å². The molecule has 23 heavy (non-hydrogen) atoms. The van der Waals surface area contributed by atoms with Gasteiger partial charge in [0.15, 0.2) is 0 Å². The van der Waals surface area contributed by atoms with Crippen LogP contribution >= 0.6 is 0 Å². The summed E-state index contributed by atoms with van der Waals surface area (Å²) in [5.74, 6) is -0.226. The minimum Gasteiger partial charge on any atom is -0.348 e. The van der Waals surface area contributed by atoms with E-state index in [9.17, 15) is 9.59 Å². The van der Waals surface area contributed by atoms with E-state index < -0.39 is 5.41 Å². The predicted molar refractivity (Wildman–Crippen MR) is 89.9 cm³/mol. The lowest BCUT2D eigenvalue weighted by molar-refractivity contribution is -0.123. The van der Waals surface area contributed by atoms with Crippen LogP contribution in [0.5, 0.6) is 0 Å². The van der Waals surface area contributed by atoms with Gasteiger partial charge in [0.1, 0.15) is 0 Å². The van der Waals surface area contributed by atoms with E-state index in [1.165, 1.54) is 6.20 Å². The molecule has 0 radical (unpaired) electrons. The van der Waals surface area contributed by atoms with Crippen molar-refractivity contribution in [2.45, 2.75) is 27.3 Å². The lowest BCUT2D eigenvalue weighted by Gasteiger charge is -2.18. The summed E-state index contributed by atoms with van der Waals surface area (Å²) in [7, 11) is 0. The fourth-order valence-electron chi connectivity index (χ4n) is 1.86. The molecular weight excluding hydrogens is 290 g/mol. The number of carbonyl (C=O) groups is 2. The Hall–Kier alpha value is -2.69. The quantitative estimate of drug-likeness (QED) is 0.912. The van der Waals surface area contributed by atoms with Crippen molar-refractivity contribution in [2.24, 2.45) is 5.41 Å². The first-order chi connectivity index (χ1) is 10.9. The molecule has 0 aliphatic rings. The number of nitrogens with zero attached hydrogens (tertiary/aromatic N) is 1. The van der Waals surface area contributed by atoms with Gasteiger partial charge in [0.05, 0.1) is 5.56 Å². The molecule has 1 aromatic heterocycles. The predicted octanol–water partition coefficient (Wildman–Crippen LogP) is 3.00. The molecule has 0 spiro atoms. The van der Waals surface area contributed by atoms with E-state index in [1.807, 2.05) is 45.0 Å². The average Bonchev–Trinajstić information content (AvgIpc) is 2.53. The maximum atomic E-state index is 12.0. The number of hydrogen-bond acceptors (Lipinski definition) is 3. The molecule has 2 amide bonds. The molecule has 120 valence electrons. The average molecular weight is 311 g/mol. The number of rotatable bonds is 4. The van der Waals surface area contributed by atoms with Crippen molar-refractivity contribution in [3.63, 3.8) is 0 Å². The second-order valence-corrected chi connectivity index (χ2v) is 6.33. The van der Waals surface area contributed by atoms with E-state index in [0.29, 0.717) is 12.1 Å². The van der Waals surface area contributed by atoms with Crippen LogP contribution in [0.4, 0.5) is 5.69 Å². The standard InChI is InChI=1S/C18H21N3O2/c1-18(2,3)17(23)21-15-8-4-6-13(10-15)11-20-16(22)14-7-5-9-19-12-14/h4-10,12H,11H2,1-3H3,(H,20,22)(H,21,23). The molecular formula is C18H21N3O2. The number of amides is 2. The van der Waals surface area contributed by atoms with Crippen LogP contribution < -0.4 is 10.6 Å². The van der Waals surface area contributed by atoms with Gasteiger partial charge < -0.3 is 10.6 Å². The van der Waals surface area contributed by atoms with Gasteiger partial charge in [-0.15, -0.1) is 0 Å². The van der Waals surface area contributed by atoms with Crippen molar-refractivity contribution in [1.29, 1.82) is 0 Å². The van der Waals surface area contributed by atoms with Gasteiger partial charge in [-0.2, -0.15) is 0 Å². The summed E-state index contributed by atoms with van der Waals surface area (Å²) in [5.41, 5.74) is 1.70. The third kappa shape index (κ3) is 4.92. The Labute approximate surface area is 136 Å². The van der Waals surface area contributed by atoms with Crippen molar-refractivity contribution in [2.75, 3.05) is 5.32 Å². The van der Waals surface area contributed by atoms with Crippen LogP contribution in [0, 0.1) is 5.41 Å². The first-order valence-electron chi connectivity index (χ1n) is 7.45. The van der Waals surface area contributed by atoms with Crippen molar-refractivity contribution in [3.05, 3.63) is 59.9 Å². The molecule has 0 atom stereocenters. The Morgan fingerprint density at radius 1 is 1.13 bits per heavy atom. The van der Waals surface area contributed by atoms with Crippen molar-refractivity contribution in [3.8, 4) is 0 Å². The Kier molecular flexibility index (Phi) is 5.11. The number of anilines is 1. The van der Waals surface area contributed by atoms with Crippen LogP contribution in [0.3, 0.4) is 0 Å². The zero-order chi connectivity index (χ0) is 16.9. The van der Waals surface area contributed by atoms with Crippen LogP contribution in [0.1, 0.15) is 36.7 Å². The maximum absolute atomic E-state index is 12.0. The summed E-state index contributed by atoms with van der Waals surface area (Å²) < 4.78 is 0. The normalized spacial score (nSPS) is 10.9. The summed E-state index contributed by atoms with van der Waals surface area (Å²) in [6, 6.07) is 10.9. The minimum absolute atomic E-state index is 0.0472. The van der Waals surface area contributed by atoms with E-state index in [0.717, 1.165) is 11.3 Å². The van der Waals surface area contributed by atoms with Gasteiger partial charge in [-0.1, -0.05) is 32.9 Å². The Morgan fingerprint density at radius 3 is 2.57 bits per heavy atom. The van der Waals surface area contributed by atoms with Crippen molar-refractivity contribution < 1.29 is 9.59 Å². The van der Waals surface area contributed by atoms with E-state index in [4.69, 9.17) is 0 Å². The largest absolute Gasteiger partial charge is 0.348 e. The van der Waals surface area contributed by atoms with Gasteiger partial charge in [-0.05, 0) is 29.8 Å². The molecule has 5 nitrogen and oxygen atoms in total. The van der Waals surface area contributed by atoms with Gasteiger partial charge in [0.2, 0.25) is 5.91 Å². The number of hydrogen-bond donors (Lipinski definition) is 2. The Balaban J connectivity index is 1.98. The first kappa shape index (κ1) is 16.7. The monoisotopic (exact) mass is 311 g/mol. The van der Waals surface area contributed by atoms with Crippen LogP contribution in [0.15, 0.2) is 48.8 Å². The van der Waals surface area contributed by atoms with Gasteiger partial charge in [0.25, 0.3) is 5.91 Å². The smallest absolute Gasteiger partial charge is 0.253 e. The summed E-state index contributed by atoms with van der Waals surface area (Å²) in [5, 5.41) is 5.71. The fraction of sp³-hybridized carbons (Fsp3) is 0.278. The highest BCUT2D eigenvalue weighted by molar-refractivity contribution is 5.95. The molecule has 0 unspecified atom stereocenters. The zero-order valence-electron chi connectivity index (χ0n) is 13.6. The molecule has 0 saturated heterocycles. The van der Waals surface area contributed by atoms with E-state index in [-0.39, 0.29) is 11.8 Å². The first-order valence-corrected chi connectivity index (χ1v) is 7.45. The van der Waals surface area contributed by atoms with E-state index >= 15 is 0 Å². The molecule has 2 aromatic rings. The molecule has 1 heterocycles.